The van der Waals surface area contributed by atoms with Gasteiger partial charge in [0.2, 0.25) is 10.0 Å². The number of methoxy groups -OCH3 is 1. The third kappa shape index (κ3) is 3.02. The van der Waals surface area contributed by atoms with Gasteiger partial charge in [0.25, 0.3) is 0 Å². The van der Waals surface area contributed by atoms with Crippen LogP contribution in [0.2, 0.25) is 0 Å². The van der Waals surface area contributed by atoms with E-state index in [2.05, 4.69) is 4.74 Å². The molecular weight excluding hydrogens is 296 g/mol. The van der Waals surface area contributed by atoms with Crippen molar-refractivity contribution in [2.75, 3.05) is 32.6 Å². The third-order valence-electron chi connectivity index (χ3n) is 3.40. The Kier molecular flexibility index (Phi) is 4.50. The van der Waals surface area contributed by atoms with Gasteiger partial charge in [0.15, 0.2) is 0 Å². The minimum Gasteiger partial charge on any atom is -0.468 e. The molecule has 0 bridgehead atoms. The number of sulfonamides is 1. The first kappa shape index (κ1) is 15.7. The standard InChI is InChI=1S/C13H18N2O5S/c1-9-7-10(3-4-11(9)14)21(17,18)15-5-6-20-8-12(15)13(16)19-2/h3-4,7,12H,5-6,8,14H2,1-2H3. The molecule has 0 aromatic heterocycles. The number of rotatable bonds is 3. The summed E-state index contributed by atoms with van der Waals surface area (Å²) in [6.45, 7) is 2.05. The highest BCUT2D eigenvalue weighted by Crippen LogP contribution is 2.24. The Bertz CT molecular complexity index is 644. The van der Waals surface area contributed by atoms with E-state index in [0.29, 0.717) is 11.3 Å². The van der Waals surface area contributed by atoms with Crippen LogP contribution in [0.3, 0.4) is 0 Å². The summed E-state index contributed by atoms with van der Waals surface area (Å²) in [6.07, 6.45) is 0. The van der Waals surface area contributed by atoms with Gasteiger partial charge in [-0.2, -0.15) is 4.31 Å². The van der Waals surface area contributed by atoms with Gasteiger partial charge in [-0.1, -0.05) is 0 Å². The van der Waals surface area contributed by atoms with Crippen molar-refractivity contribution in [2.24, 2.45) is 0 Å². The maximum Gasteiger partial charge on any atom is 0.326 e. The van der Waals surface area contributed by atoms with Crippen LogP contribution in [0.1, 0.15) is 5.56 Å². The van der Waals surface area contributed by atoms with Crippen molar-refractivity contribution in [3.63, 3.8) is 0 Å². The Morgan fingerprint density at radius 2 is 2.19 bits per heavy atom. The Hall–Kier alpha value is -1.64. The quantitative estimate of drug-likeness (QED) is 0.629. The molecule has 0 amide bonds. The van der Waals surface area contributed by atoms with Gasteiger partial charge >= 0.3 is 5.97 Å². The van der Waals surface area contributed by atoms with Gasteiger partial charge < -0.3 is 15.2 Å². The molecule has 0 saturated carbocycles. The van der Waals surface area contributed by atoms with Crippen molar-refractivity contribution in [1.82, 2.24) is 4.31 Å². The third-order valence-corrected chi connectivity index (χ3v) is 5.30. The van der Waals surface area contributed by atoms with Gasteiger partial charge in [0.05, 0.1) is 25.2 Å². The number of benzene rings is 1. The normalized spacial score (nSPS) is 20.2. The topological polar surface area (TPSA) is 98.9 Å². The van der Waals surface area contributed by atoms with E-state index < -0.39 is 22.0 Å². The van der Waals surface area contributed by atoms with Gasteiger partial charge in [-0.15, -0.1) is 0 Å². The molecule has 1 aliphatic rings. The van der Waals surface area contributed by atoms with Crippen molar-refractivity contribution in [3.8, 4) is 0 Å². The van der Waals surface area contributed by atoms with Crippen molar-refractivity contribution in [2.45, 2.75) is 17.9 Å². The van der Waals surface area contributed by atoms with Crippen LogP contribution < -0.4 is 5.73 Å². The molecule has 2 N–H and O–H groups in total. The van der Waals surface area contributed by atoms with Crippen LogP contribution in [-0.2, 0) is 24.3 Å². The molecule has 1 heterocycles. The van der Waals surface area contributed by atoms with Gasteiger partial charge in [-0.3, -0.25) is 4.79 Å². The molecule has 0 radical (unpaired) electrons. The number of ether oxygens (including phenoxy) is 2. The Morgan fingerprint density at radius 1 is 1.48 bits per heavy atom. The lowest BCUT2D eigenvalue weighted by Gasteiger charge is -2.32. The van der Waals surface area contributed by atoms with E-state index in [1.165, 1.54) is 25.3 Å². The van der Waals surface area contributed by atoms with Crippen LogP contribution >= 0.6 is 0 Å². The average Bonchev–Trinajstić information content (AvgIpc) is 2.49. The summed E-state index contributed by atoms with van der Waals surface area (Å²) in [4.78, 5) is 11.8. The minimum atomic E-state index is -3.81. The van der Waals surface area contributed by atoms with Crippen molar-refractivity contribution in [1.29, 1.82) is 0 Å². The van der Waals surface area contributed by atoms with Crippen molar-refractivity contribution in [3.05, 3.63) is 23.8 Å². The highest BCUT2D eigenvalue weighted by molar-refractivity contribution is 7.89. The summed E-state index contributed by atoms with van der Waals surface area (Å²) in [5.74, 6) is -0.634. The Morgan fingerprint density at radius 3 is 2.81 bits per heavy atom. The molecule has 7 nitrogen and oxygen atoms in total. The smallest absolute Gasteiger partial charge is 0.326 e. The molecule has 1 unspecified atom stereocenters. The van der Waals surface area contributed by atoms with Crippen LogP contribution in [-0.4, -0.2) is 51.6 Å². The van der Waals surface area contributed by atoms with Gasteiger partial charge in [-0.05, 0) is 30.7 Å². The molecule has 1 aromatic rings. The first-order valence-electron chi connectivity index (χ1n) is 6.41. The number of esters is 1. The number of morpholine rings is 1. The number of nitrogens with two attached hydrogens (primary N) is 1. The number of carbonyl (C=O) groups is 1. The molecule has 116 valence electrons. The maximum absolute atomic E-state index is 12.7. The summed E-state index contributed by atoms with van der Waals surface area (Å²) in [6, 6.07) is 3.50. The van der Waals surface area contributed by atoms with E-state index >= 15 is 0 Å². The number of carbonyl (C=O) groups excluding carboxylic acids is 1. The number of hydrogen-bond donors (Lipinski definition) is 1. The van der Waals surface area contributed by atoms with Crippen LogP contribution in [0, 0.1) is 6.92 Å². The SMILES string of the molecule is COC(=O)C1COCCN1S(=O)(=O)c1ccc(N)c(C)c1. The number of nitrogens with zero attached hydrogens (tertiary/aromatic N) is 1. The van der Waals surface area contributed by atoms with Crippen LogP contribution in [0.4, 0.5) is 5.69 Å². The second-order valence-electron chi connectivity index (χ2n) is 4.75. The van der Waals surface area contributed by atoms with E-state index in [1.807, 2.05) is 0 Å². The molecule has 0 spiro atoms. The first-order chi connectivity index (χ1) is 9.87. The van der Waals surface area contributed by atoms with E-state index in [1.54, 1.807) is 6.92 Å². The zero-order chi connectivity index (χ0) is 15.6. The van der Waals surface area contributed by atoms with Gasteiger partial charge in [0.1, 0.15) is 6.04 Å². The molecule has 1 fully saturated rings. The highest BCUT2D eigenvalue weighted by atomic mass is 32.2. The fourth-order valence-electron chi connectivity index (χ4n) is 2.14. The predicted molar refractivity (Wildman–Crippen MR) is 76.1 cm³/mol. The highest BCUT2D eigenvalue weighted by Gasteiger charge is 2.39. The van der Waals surface area contributed by atoms with Crippen molar-refractivity contribution < 1.29 is 22.7 Å². The number of nitrogen functional groups attached to an aromatic ring is 1. The number of aryl methyl sites for hydroxylation is 1. The lowest BCUT2D eigenvalue weighted by molar-refractivity contribution is -0.149. The van der Waals surface area contributed by atoms with E-state index in [0.717, 1.165) is 4.31 Å². The monoisotopic (exact) mass is 314 g/mol. The number of anilines is 1. The van der Waals surface area contributed by atoms with Gasteiger partial charge in [-0.25, -0.2) is 8.42 Å². The molecule has 0 aliphatic carbocycles. The molecule has 1 aromatic carbocycles. The van der Waals surface area contributed by atoms with E-state index in [9.17, 15) is 13.2 Å². The second-order valence-corrected chi connectivity index (χ2v) is 6.64. The van der Waals surface area contributed by atoms with Crippen LogP contribution in [0.5, 0.6) is 0 Å². The van der Waals surface area contributed by atoms with E-state index in [4.69, 9.17) is 10.5 Å². The lowest BCUT2D eigenvalue weighted by Crippen LogP contribution is -2.52. The van der Waals surface area contributed by atoms with Crippen LogP contribution in [0.15, 0.2) is 23.1 Å². The molecule has 1 atom stereocenters. The summed E-state index contributed by atoms with van der Waals surface area (Å²) >= 11 is 0. The zero-order valence-corrected chi connectivity index (χ0v) is 12.7. The van der Waals surface area contributed by atoms with Crippen LogP contribution in [0.25, 0.3) is 0 Å². The Balaban J connectivity index is 2.40. The molecule has 2 rings (SSSR count). The zero-order valence-electron chi connectivity index (χ0n) is 11.9. The Labute approximate surface area is 123 Å². The van der Waals surface area contributed by atoms with Gasteiger partial charge in [0, 0.05) is 12.2 Å². The summed E-state index contributed by atoms with van der Waals surface area (Å²) < 4.78 is 36.4. The minimum absolute atomic E-state index is 0.0140. The van der Waals surface area contributed by atoms with E-state index in [-0.39, 0.29) is 24.7 Å². The van der Waals surface area contributed by atoms with Crippen molar-refractivity contribution >= 4 is 21.7 Å². The summed E-state index contributed by atoms with van der Waals surface area (Å²) in [7, 11) is -2.59. The molecular formula is C13H18N2O5S. The molecule has 8 heteroatoms. The number of hydrogen-bond acceptors (Lipinski definition) is 6. The summed E-state index contributed by atoms with van der Waals surface area (Å²) in [5.41, 5.74) is 6.88. The molecule has 1 aliphatic heterocycles. The lowest BCUT2D eigenvalue weighted by atomic mass is 10.2. The molecule has 1 saturated heterocycles. The fourth-order valence-corrected chi connectivity index (χ4v) is 3.78. The summed E-state index contributed by atoms with van der Waals surface area (Å²) in [5, 5.41) is 0. The second kappa shape index (κ2) is 6.00. The maximum atomic E-state index is 12.7. The average molecular weight is 314 g/mol. The first-order valence-corrected chi connectivity index (χ1v) is 7.85. The fraction of sp³-hybridized carbons (Fsp3) is 0.462. The predicted octanol–water partition coefficient (Wildman–Crippen LogP) is 0.140. The largest absolute Gasteiger partial charge is 0.468 e. The molecule has 21 heavy (non-hydrogen) atoms.